The zero-order chi connectivity index (χ0) is 12.8. The average molecular weight is 249 g/mol. The summed E-state index contributed by atoms with van der Waals surface area (Å²) >= 11 is 0. The van der Waals surface area contributed by atoms with Crippen LogP contribution in [0.2, 0.25) is 0 Å². The van der Waals surface area contributed by atoms with Gasteiger partial charge in [0.2, 0.25) is 11.7 Å². The minimum atomic E-state index is 0.462. The second kappa shape index (κ2) is 6.30. The monoisotopic (exact) mass is 249 g/mol. The Labute approximate surface area is 106 Å². The lowest BCUT2D eigenvalue weighted by Crippen LogP contribution is -2.27. The lowest BCUT2D eigenvalue weighted by molar-refractivity contribution is 0.367. The predicted octanol–water partition coefficient (Wildman–Crippen LogP) is 1.78. The number of H-pyrrole nitrogens is 1. The molecule has 2 N–H and O–H groups in total. The second-order valence-electron chi connectivity index (χ2n) is 4.34. The van der Waals surface area contributed by atoms with Crippen LogP contribution in [0.15, 0.2) is 16.9 Å². The van der Waals surface area contributed by atoms with Crippen LogP contribution in [0.3, 0.4) is 0 Å². The Morgan fingerprint density at radius 1 is 1.50 bits per heavy atom. The molecule has 0 bridgehead atoms. The molecule has 0 spiro atoms. The van der Waals surface area contributed by atoms with Crippen LogP contribution in [0, 0.1) is 0 Å². The summed E-state index contributed by atoms with van der Waals surface area (Å²) in [5.41, 5.74) is 0. The molecule has 1 unspecified atom stereocenters. The summed E-state index contributed by atoms with van der Waals surface area (Å²) in [6.07, 6.45) is 6.32. The van der Waals surface area contributed by atoms with Crippen LogP contribution < -0.4 is 5.32 Å². The topological polar surface area (TPSA) is 79.6 Å². The van der Waals surface area contributed by atoms with Gasteiger partial charge in [0, 0.05) is 24.9 Å². The van der Waals surface area contributed by atoms with Gasteiger partial charge in [-0.25, -0.2) is 4.98 Å². The third-order valence-electron chi connectivity index (χ3n) is 2.71. The van der Waals surface area contributed by atoms with Crippen molar-refractivity contribution in [2.75, 3.05) is 6.54 Å². The number of aromatic amines is 1. The molecule has 0 radical (unpaired) electrons. The zero-order valence-corrected chi connectivity index (χ0v) is 10.8. The van der Waals surface area contributed by atoms with E-state index < -0.39 is 0 Å². The van der Waals surface area contributed by atoms with E-state index in [-0.39, 0.29) is 0 Å². The Balaban J connectivity index is 1.84. The smallest absolute Gasteiger partial charge is 0.238 e. The standard InChI is InChI=1S/C12H19N5O/c1-3-6-13-9(2)4-5-10-16-12(17-18-10)11-14-7-8-15-11/h7-9,13H,3-6H2,1-2H3,(H,14,15). The van der Waals surface area contributed by atoms with E-state index in [1.165, 1.54) is 0 Å². The molecule has 0 aromatic carbocycles. The van der Waals surface area contributed by atoms with Crippen LogP contribution in [-0.2, 0) is 6.42 Å². The van der Waals surface area contributed by atoms with E-state index in [2.05, 4.69) is 39.3 Å². The largest absolute Gasteiger partial charge is 0.342 e. The molecule has 98 valence electrons. The minimum Gasteiger partial charge on any atom is -0.342 e. The van der Waals surface area contributed by atoms with Gasteiger partial charge >= 0.3 is 0 Å². The molecule has 1 atom stereocenters. The third-order valence-corrected chi connectivity index (χ3v) is 2.71. The molecule has 18 heavy (non-hydrogen) atoms. The number of nitrogens with zero attached hydrogens (tertiary/aromatic N) is 3. The average Bonchev–Trinajstić information content (AvgIpc) is 3.03. The highest BCUT2D eigenvalue weighted by molar-refractivity contribution is 5.40. The van der Waals surface area contributed by atoms with E-state index in [0.29, 0.717) is 23.6 Å². The molecular formula is C12H19N5O. The van der Waals surface area contributed by atoms with Crippen molar-refractivity contribution in [1.82, 2.24) is 25.4 Å². The summed E-state index contributed by atoms with van der Waals surface area (Å²) in [7, 11) is 0. The highest BCUT2D eigenvalue weighted by atomic mass is 16.5. The first kappa shape index (κ1) is 12.8. The Hall–Kier alpha value is -1.69. The first-order valence-corrected chi connectivity index (χ1v) is 6.35. The van der Waals surface area contributed by atoms with E-state index in [1.807, 2.05) is 0 Å². The van der Waals surface area contributed by atoms with E-state index in [9.17, 15) is 0 Å². The summed E-state index contributed by atoms with van der Waals surface area (Å²) < 4.78 is 5.19. The Bertz CT molecular complexity index is 451. The van der Waals surface area contributed by atoms with Crippen LogP contribution in [0.5, 0.6) is 0 Å². The maximum atomic E-state index is 5.19. The SMILES string of the molecule is CCCNC(C)CCc1nc(-c2ncc[nH]2)no1. The molecule has 2 rings (SSSR count). The van der Waals surface area contributed by atoms with Gasteiger partial charge in [-0.15, -0.1) is 0 Å². The van der Waals surface area contributed by atoms with Crippen molar-refractivity contribution in [2.45, 2.75) is 39.2 Å². The number of hydrogen-bond acceptors (Lipinski definition) is 5. The maximum Gasteiger partial charge on any atom is 0.238 e. The van der Waals surface area contributed by atoms with Crippen molar-refractivity contribution in [2.24, 2.45) is 0 Å². The van der Waals surface area contributed by atoms with Gasteiger partial charge in [0.05, 0.1) is 0 Å². The summed E-state index contributed by atoms with van der Waals surface area (Å²) in [4.78, 5) is 11.3. The molecule has 2 heterocycles. The van der Waals surface area contributed by atoms with Gasteiger partial charge in [0.15, 0.2) is 5.82 Å². The first-order valence-electron chi connectivity index (χ1n) is 6.35. The minimum absolute atomic E-state index is 0.462. The lowest BCUT2D eigenvalue weighted by Gasteiger charge is -2.10. The van der Waals surface area contributed by atoms with E-state index in [4.69, 9.17) is 4.52 Å². The number of aryl methyl sites for hydroxylation is 1. The molecule has 0 saturated heterocycles. The predicted molar refractivity (Wildman–Crippen MR) is 68.0 cm³/mol. The number of aromatic nitrogens is 4. The van der Waals surface area contributed by atoms with Crippen LogP contribution in [-0.4, -0.2) is 32.7 Å². The lowest BCUT2D eigenvalue weighted by atomic mass is 10.2. The molecule has 0 aliphatic carbocycles. The van der Waals surface area contributed by atoms with Crippen molar-refractivity contribution in [3.05, 3.63) is 18.3 Å². The van der Waals surface area contributed by atoms with Crippen molar-refractivity contribution < 1.29 is 4.52 Å². The van der Waals surface area contributed by atoms with E-state index in [0.717, 1.165) is 25.8 Å². The third kappa shape index (κ3) is 3.40. The highest BCUT2D eigenvalue weighted by Gasteiger charge is 2.11. The molecule has 2 aromatic heterocycles. The summed E-state index contributed by atoms with van der Waals surface area (Å²) in [6, 6.07) is 0.462. The first-order chi connectivity index (χ1) is 8.79. The van der Waals surface area contributed by atoms with Gasteiger partial charge in [-0.1, -0.05) is 12.1 Å². The van der Waals surface area contributed by atoms with Crippen LogP contribution in [0.4, 0.5) is 0 Å². The van der Waals surface area contributed by atoms with Gasteiger partial charge in [0.25, 0.3) is 0 Å². The Morgan fingerprint density at radius 3 is 3.11 bits per heavy atom. The van der Waals surface area contributed by atoms with Crippen molar-refractivity contribution in [3.8, 4) is 11.6 Å². The quantitative estimate of drug-likeness (QED) is 0.782. The molecule has 0 aliphatic rings. The fraction of sp³-hybridized carbons (Fsp3) is 0.583. The van der Waals surface area contributed by atoms with Crippen molar-refractivity contribution in [1.29, 1.82) is 0 Å². The molecule has 0 saturated carbocycles. The summed E-state index contributed by atoms with van der Waals surface area (Å²) in [5, 5.41) is 7.33. The van der Waals surface area contributed by atoms with Gasteiger partial charge in [-0.3, -0.25) is 0 Å². The molecule has 0 aliphatic heterocycles. The number of nitrogens with one attached hydrogen (secondary N) is 2. The molecule has 0 fully saturated rings. The molecular weight excluding hydrogens is 230 g/mol. The Morgan fingerprint density at radius 2 is 2.39 bits per heavy atom. The van der Waals surface area contributed by atoms with Crippen molar-refractivity contribution >= 4 is 0 Å². The van der Waals surface area contributed by atoms with Gasteiger partial charge < -0.3 is 14.8 Å². The molecule has 6 heteroatoms. The fourth-order valence-corrected chi connectivity index (χ4v) is 1.67. The normalized spacial score (nSPS) is 12.8. The van der Waals surface area contributed by atoms with Crippen molar-refractivity contribution in [3.63, 3.8) is 0 Å². The highest BCUT2D eigenvalue weighted by Crippen LogP contribution is 2.11. The molecule has 2 aromatic rings. The number of rotatable bonds is 7. The van der Waals surface area contributed by atoms with Crippen LogP contribution in [0.1, 0.15) is 32.6 Å². The Kier molecular flexibility index (Phi) is 4.46. The summed E-state index contributed by atoms with van der Waals surface area (Å²) in [6.45, 7) is 5.37. The zero-order valence-electron chi connectivity index (χ0n) is 10.8. The molecule has 0 amide bonds. The van der Waals surface area contributed by atoms with E-state index in [1.54, 1.807) is 12.4 Å². The fourth-order valence-electron chi connectivity index (χ4n) is 1.67. The van der Waals surface area contributed by atoms with E-state index >= 15 is 0 Å². The summed E-state index contributed by atoms with van der Waals surface area (Å²) in [5.74, 6) is 1.82. The number of imidazole rings is 1. The number of hydrogen-bond donors (Lipinski definition) is 2. The second-order valence-corrected chi connectivity index (χ2v) is 4.34. The van der Waals surface area contributed by atoms with Crippen LogP contribution in [0.25, 0.3) is 11.6 Å². The maximum absolute atomic E-state index is 5.19. The molecule has 6 nitrogen and oxygen atoms in total. The van der Waals surface area contributed by atoms with Crippen LogP contribution >= 0.6 is 0 Å². The van der Waals surface area contributed by atoms with Gasteiger partial charge in [-0.2, -0.15) is 4.98 Å². The van der Waals surface area contributed by atoms with Gasteiger partial charge in [-0.05, 0) is 26.3 Å². The van der Waals surface area contributed by atoms with Gasteiger partial charge in [0.1, 0.15) is 0 Å².